The number of benzene rings is 5. The van der Waals surface area contributed by atoms with Crippen LogP contribution in [0.1, 0.15) is 10.4 Å². The van der Waals surface area contributed by atoms with Crippen molar-refractivity contribution in [2.24, 2.45) is 0 Å². The van der Waals surface area contributed by atoms with E-state index in [-0.39, 0.29) is 31.8 Å². The van der Waals surface area contributed by atoms with E-state index in [9.17, 15) is 4.79 Å². The summed E-state index contributed by atoms with van der Waals surface area (Å²) in [5.41, 5.74) is 5.75. The van der Waals surface area contributed by atoms with E-state index in [1.165, 1.54) is 7.11 Å². The van der Waals surface area contributed by atoms with Crippen molar-refractivity contribution in [1.82, 2.24) is 39.9 Å². The molecule has 8 aromatic rings. The number of hydrogen-bond donors (Lipinski definition) is 3. The quantitative estimate of drug-likeness (QED) is 0.118. The molecule has 5 aromatic carbocycles. The summed E-state index contributed by atoms with van der Waals surface area (Å²) in [6.45, 7) is 0. The molecule has 3 aromatic heterocycles. The fourth-order valence-electron chi connectivity index (χ4n) is 6.30. The molecule has 0 radical (unpaired) electrons. The van der Waals surface area contributed by atoms with Gasteiger partial charge in [-0.05, 0) is 33.7 Å². The predicted molar refractivity (Wildman–Crippen MR) is 197 cm³/mol. The Hall–Kier alpha value is -6.79. The number of carbonyl (C=O) groups is 1. The summed E-state index contributed by atoms with van der Waals surface area (Å²) >= 11 is 0. The Kier molecular flexibility index (Phi) is 8.67. The zero-order valence-corrected chi connectivity index (χ0v) is 30.6. The molecule has 8 bridgehead atoms. The van der Waals surface area contributed by atoms with Crippen molar-refractivity contribution in [3.05, 3.63) is 115 Å². The molecule has 14 heteroatoms. The molecular formula is C40H24N8O5Zr. The first-order valence-electron chi connectivity index (χ1n) is 16.3. The molecule has 258 valence electrons. The molecule has 0 saturated carbocycles. The minimum absolute atomic E-state index is 0. The number of hydrogen-bond acceptors (Lipinski definition) is 11. The third-order valence-corrected chi connectivity index (χ3v) is 8.82. The monoisotopic (exact) mass is 786 g/mol. The summed E-state index contributed by atoms with van der Waals surface area (Å²) in [7, 11) is 1.17. The molecule has 54 heavy (non-hydrogen) atoms. The summed E-state index contributed by atoms with van der Waals surface area (Å²) in [4.78, 5) is 50.2. The van der Waals surface area contributed by atoms with E-state index in [0.717, 1.165) is 55.9 Å². The van der Waals surface area contributed by atoms with Crippen LogP contribution in [-0.4, -0.2) is 58.3 Å². The summed E-state index contributed by atoms with van der Waals surface area (Å²) in [6.07, 6.45) is 0. The third kappa shape index (κ3) is 5.82. The zero-order valence-electron chi connectivity index (χ0n) is 28.1. The Morgan fingerprint density at radius 1 is 0.500 bits per heavy atom. The molecule has 13 nitrogen and oxygen atoms in total. The largest absolute Gasteiger partial charge is 2.00 e. The Morgan fingerprint density at radius 2 is 0.796 bits per heavy atom. The van der Waals surface area contributed by atoms with Gasteiger partial charge in [0.05, 0.1) is 36.0 Å². The van der Waals surface area contributed by atoms with Crippen LogP contribution in [0.25, 0.3) is 89.7 Å². The van der Waals surface area contributed by atoms with Crippen LogP contribution in [0.4, 0.5) is 0 Å². The average Bonchev–Trinajstić information content (AvgIpc) is 3.92. The summed E-state index contributed by atoms with van der Waals surface area (Å²) in [5.74, 6) is -0.293. The van der Waals surface area contributed by atoms with E-state index < -0.39 is 23.2 Å². The number of ether oxygens (including phenoxy) is 1. The van der Waals surface area contributed by atoms with Gasteiger partial charge in [-0.1, -0.05) is 97.1 Å². The summed E-state index contributed by atoms with van der Waals surface area (Å²) in [5, 5.41) is 30.5. The number of carbonyl (C=O) groups excluding carboxylic acids is 1. The number of rotatable bonds is 1. The molecule has 5 heterocycles. The molecule has 0 saturated heterocycles. The SMILES string of the molecule is COC(=O)c1cc(O)c(O)c(O)c1.[Zr+2].c1ccc2c(c1)-c1nc-2nc2[n-]c(nc3nc(nc4[n-]c(n1)c1ccccc41)-c1ccccc1-3)c1ccccc21. The minimum atomic E-state index is -0.703. The molecule has 0 atom stereocenters. The van der Waals surface area contributed by atoms with Gasteiger partial charge in [0.15, 0.2) is 17.2 Å². The van der Waals surface area contributed by atoms with Crippen LogP contribution in [0.5, 0.6) is 17.2 Å². The van der Waals surface area contributed by atoms with E-state index in [1.807, 2.05) is 97.1 Å². The fraction of sp³-hybridized carbons (Fsp3) is 0.0250. The Labute approximate surface area is 324 Å². The fourth-order valence-corrected chi connectivity index (χ4v) is 6.30. The van der Waals surface area contributed by atoms with E-state index in [4.69, 9.17) is 55.2 Å². The molecule has 0 fully saturated rings. The second-order valence-corrected chi connectivity index (χ2v) is 12.0. The van der Waals surface area contributed by atoms with Gasteiger partial charge in [0.2, 0.25) is 0 Å². The van der Waals surface area contributed by atoms with Crippen molar-refractivity contribution in [2.75, 3.05) is 7.11 Å². The summed E-state index contributed by atoms with van der Waals surface area (Å²) < 4.78 is 4.34. The maximum atomic E-state index is 10.9. The first kappa shape index (κ1) is 34.3. The van der Waals surface area contributed by atoms with Crippen LogP contribution in [0, 0.1) is 0 Å². The second kappa shape index (κ2) is 13.6. The van der Waals surface area contributed by atoms with E-state index in [2.05, 4.69) is 4.74 Å². The standard InChI is InChI=1S/C32H16N8.C8H8O5.Zr/c1-2-10-18-17(9-1)25-33-26(18)38-28-21-13-5-6-14-22(21)30(35-28)40-32-24-16-8-7-15-23(24)31(36-32)39-29-20-12-4-3-11-19(20)27(34-29)37-25;1-13-8(12)4-2-5(9)7(11)6(10)3-4;/h1-16H;2-3,9-11H,1H3;/q-2;;+2. The Balaban J connectivity index is 0.000000254. The van der Waals surface area contributed by atoms with Crippen molar-refractivity contribution in [3.8, 4) is 62.8 Å². The number of aromatic hydroxyl groups is 3. The third-order valence-electron chi connectivity index (χ3n) is 8.82. The van der Waals surface area contributed by atoms with Crippen molar-refractivity contribution < 1.29 is 51.1 Å². The first-order valence-corrected chi connectivity index (χ1v) is 16.3. The van der Waals surface area contributed by atoms with Gasteiger partial charge >= 0.3 is 32.2 Å². The van der Waals surface area contributed by atoms with Gasteiger partial charge in [-0.15, -0.1) is 0 Å². The van der Waals surface area contributed by atoms with E-state index >= 15 is 0 Å². The number of esters is 1. The number of phenols is 3. The zero-order chi connectivity index (χ0) is 36.2. The van der Waals surface area contributed by atoms with Gasteiger partial charge in [-0.2, -0.15) is 0 Å². The molecule has 0 aliphatic carbocycles. The maximum absolute atomic E-state index is 10.9. The van der Waals surface area contributed by atoms with Crippen molar-refractivity contribution >= 4 is 50.1 Å². The molecule has 0 amide bonds. The molecule has 0 unspecified atom stereocenters. The topological polar surface area (TPSA) is 193 Å². The molecule has 0 spiro atoms. The molecular weight excluding hydrogens is 764 g/mol. The number of phenolic OH excluding ortho intramolecular Hbond substituents is 3. The number of nitrogens with zero attached hydrogens (tertiary/aromatic N) is 8. The van der Waals surface area contributed by atoms with Crippen molar-refractivity contribution in [1.29, 1.82) is 0 Å². The first-order chi connectivity index (χ1) is 25.9. The van der Waals surface area contributed by atoms with Gasteiger partial charge in [0.25, 0.3) is 0 Å². The predicted octanol–water partition coefficient (Wildman–Crippen LogP) is 6.71. The summed E-state index contributed by atoms with van der Waals surface area (Å²) in [6, 6.07) is 33.8. The smallest absolute Gasteiger partial charge is 0.504 e. The van der Waals surface area contributed by atoms with Gasteiger partial charge in [-0.25, -0.2) is 14.8 Å². The van der Waals surface area contributed by atoms with Crippen molar-refractivity contribution in [2.45, 2.75) is 0 Å². The van der Waals surface area contributed by atoms with Gasteiger partial charge in [-0.3, -0.25) is 0 Å². The minimum Gasteiger partial charge on any atom is -0.504 e. The molecule has 2 aliphatic heterocycles. The number of methoxy groups -OCH3 is 1. The van der Waals surface area contributed by atoms with E-state index in [0.29, 0.717) is 45.9 Å². The van der Waals surface area contributed by atoms with Crippen LogP contribution in [0.2, 0.25) is 0 Å². The van der Waals surface area contributed by atoms with E-state index in [1.54, 1.807) is 0 Å². The second-order valence-electron chi connectivity index (χ2n) is 12.0. The average molecular weight is 788 g/mol. The van der Waals surface area contributed by atoms with Crippen LogP contribution in [0.3, 0.4) is 0 Å². The van der Waals surface area contributed by atoms with Gasteiger partial charge in [0.1, 0.15) is 0 Å². The normalized spacial score (nSPS) is 11.2. The van der Waals surface area contributed by atoms with Crippen LogP contribution in [-0.2, 0) is 30.9 Å². The Bertz CT molecular complexity index is 2640. The van der Waals surface area contributed by atoms with Crippen LogP contribution >= 0.6 is 0 Å². The Morgan fingerprint density at radius 3 is 1.09 bits per heavy atom. The van der Waals surface area contributed by atoms with Crippen LogP contribution < -0.4 is 9.97 Å². The van der Waals surface area contributed by atoms with Crippen molar-refractivity contribution in [3.63, 3.8) is 0 Å². The number of fused-ring (bicyclic) bond motifs is 20. The molecule has 3 N–H and O–H groups in total. The van der Waals surface area contributed by atoms with Gasteiger partial charge in [0, 0.05) is 44.8 Å². The molecule has 2 aliphatic rings. The maximum Gasteiger partial charge on any atom is 2.00 e. The van der Waals surface area contributed by atoms with Gasteiger partial charge < -0.3 is 50.0 Å². The molecule has 10 rings (SSSR count). The number of aromatic nitrogens is 8. The van der Waals surface area contributed by atoms with Crippen LogP contribution in [0.15, 0.2) is 109 Å².